The van der Waals surface area contributed by atoms with Crippen LogP contribution >= 0.6 is 0 Å². The molecule has 0 aromatic carbocycles. The molecule has 9 nitrogen and oxygen atoms in total. The molecule has 0 atom stereocenters. The van der Waals surface area contributed by atoms with Crippen LogP contribution in [0.1, 0.15) is 19.3 Å². The zero-order chi connectivity index (χ0) is 16.5. The molecule has 0 amide bonds. The number of piperidine rings is 1. The van der Waals surface area contributed by atoms with E-state index in [2.05, 4.69) is 9.97 Å². The van der Waals surface area contributed by atoms with Crippen LogP contribution in [0, 0.1) is 10.1 Å². The van der Waals surface area contributed by atoms with Crippen LogP contribution in [0.3, 0.4) is 0 Å². The first-order valence-electron chi connectivity index (χ1n) is 8.26. The molecule has 128 valence electrons. The number of ether oxygens (including phenoxy) is 1. The second-order valence-electron chi connectivity index (χ2n) is 6.05. The highest BCUT2D eigenvalue weighted by molar-refractivity contribution is 5.78. The fourth-order valence-corrected chi connectivity index (χ4v) is 3.20. The summed E-state index contributed by atoms with van der Waals surface area (Å²) in [5.41, 5.74) is 0.751. The lowest BCUT2D eigenvalue weighted by atomic mass is 10.1. The van der Waals surface area contributed by atoms with E-state index >= 15 is 0 Å². The van der Waals surface area contributed by atoms with Crippen LogP contribution in [0.25, 0.3) is 11.2 Å². The number of aromatic nitrogens is 2. The summed E-state index contributed by atoms with van der Waals surface area (Å²) < 4.78 is 11.0. The largest absolute Gasteiger partial charge is 0.421 e. The van der Waals surface area contributed by atoms with Crippen LogP contribution in [0.4, 0.5) is 17.5 Å². The molecule has 0 bridgehead atoms. The Labute approximate surface area is 138 Å². The Balaban J connectivity index is 1.74. The van der Waals surface area contributed by atoms with Gasteiger partial charge in [0.2, 0.25) is 11.5 Å². The van der Waals surface area contributed by atoms with Crippen LogP contribution in [-0.2, 0) is 4.74 Å². The van der Waals surface area contributed by atoms with Crippen molar-refractivity contribution in [2.75, 3.05) is 49.2 Å². The Bertz CT molecular complexity index is 750. The molecule has 0 saturated carbocycles. The van der Waals surface area contributed by atoms with Gasteiger partial charge in [0.1, 0.15) is 0 Å². The molecule has 0 spiro atoms. The molecule has 4 rings (SSSR count). The average Bonchev–Trinajstić information content (AvgIpc) is 3.05. The van der Waals surface area contributed by atoms with Gasteiger partial charge in [0.25, 0.3) is 6.01 Å². The Morgan fingerprint density at radius 3 is 2.50 bits per heavy atom. The van der Waals surface area contributed by atoms with E-state index in [1.54, 1.807) is 0 Å². The van der Waals surface area contributed by atoms with Crippen molar-refractivity contribution in [3.05, 3.63) is 16.2 Å². The van der Waals surface area contributed by atoms with Crippen LogP contribution in [0.2, 0.25) is 0 Å². The summed E-state index contributed by atoms with van der Waals surface area (Å²) in [5, 5.41) is 11.5. The van der Waals surface area contributed by atoms with E-state index in [-0.39, 0.29) is 5.69 Å². The molecular formula is C15H19N5O4. The van der Waals surface area contributed by atoms with Gasteiger partial charge in [0, 0.05) is 26.2 Å². The Kier molecular flexibility index (Phi) is 3.93. The summed E-state index contributed by atoms with van der Waals surface area (Å²) in [6.07, 6.45) is 3.20. The SMILES string of the molecule is O=[N+]([O-])c1cc2oc(N3CCOCC3)nc2nc1N1CCCCC1. The van der Waals surface area contributed by atoms with E-state index in [1.165, 1.54) is 6.07 Å². The van der Waals surface area contributed by atoms with Gasteiger partial charge in [-0.05, 0) is 19.3 Å². The molecule has 2 fully saturated rings. The number of hydrogen-bond donors (Lipinski definition) is 0. The second-order valence-corrected chi connectivity index (χ2v) is 6.05. The summed E-state index contributed by atoms with van der Waals surface area (Å²) in [7, 11) is 0. The lowest BCUT2D eigenvalue weighted by molar-refractivity contribution is -0.384. The fraction of sp³-hybridized carbons (Fsp3) is 0.600. The van der Waals surface area contributed by atoms with Crippen LogP contribution < -0.4 is 9.80 Å². The maximum Gasteiger partial charge on any atom is 0.315 e. The number of hydrogen-bond acceptors (Lipinski definition) is 8. The van der Waals surface area contributed by atoms with Crippen molar-refractivity contribution in [2.24, 2.45) is 0 Å². The van der Waals surface area contributed by atoms with E-state index in [0.717, 1.165) is 32.4 Å². The third-order valence-electron chi connectivity index (χ3n) is 4.47. The summed E-state index contributed by atoms with van der Waals surface area (Å²) in [4.78, 5) is 23.9. The van der Waals surface area contributed by atoms with Gasteiger partial charge in [-0.3, -0.25) is 10.1 Å². The first-order chi connectivity index (χ1) is 11.7. The Morgan fingerprint density at radius 2 is 1.79 bits per heavy atom. The van der Waals surface area contributed by atoms with Crippen LogP contribution in [-0.4, -0.2) is 54.3 Å². The number of nitro groups is 1. The molecule has 24 heavy (non-hydrogen) atoms. The zero-order valence-electron chi connectivity index (χ0n) is 13.3. The molecule has 0 radical (unpaired) electrons. The molecule has 0 N–H and O–H groups in total. The highest BCUT2D eigenvalue weighted by Gasteiger charge is 2.27. The van der Waals surface area contributed by atoms with Crippen molar-refractivity contribution in [1.29, 1.82) is 0 Å². The smallest absolute Gasteiger partial charge is 0.315 e. The van der Waals surface area contributed by atoms with Crippen molar-refractivity contribution >= 4 is 28.8 Å². The quantitative estimate of drug-likeness (QED) is 0.621. The predicted molar refractivity (Wildman–Crippen MR) is 87.6 cm³/mol. The summed E-state index contributed by atoms with van der Waals surface area (Å²) in [5.74, 6) is 0.397. The molecular weight excluding hydrogens is 314 g/mol. The minimum absolute atomic E-state index is 0.0194. The molecule has 2 aromatic heterocycles. The monoisotopic (exact) mass is 333 g/mol. The van der Waals surface area contributed by atoms with Gasteiger partial charge in [-0.2, -0.15) is 4.98 Å². The molecule has 2 aliphatic heterocycles. The summed E-state index contributed by atoms with van der Waals surface area (Å²) in [6.45, 7) is 4.18. The molecule has 2 aromatic rings. The minimum Gasteiger partial charge on any atom is -0.421 e. The highest BCUT2D eigenvalue weighted by atomic mass is 16.6. The molecule has 2 saturated heterocycles. The molecule has 0 aliphatic carbocycles. The normalized spacial score (nSPS) is 19.0. The Hall–Kier alpha value is -2.42. The fourth-order valence-electron chi connectivity index (χ4n) is 3.20. The van der Waals surface area contributed by atoms with Gasteiger partial charge in [-0.15, -0.1) is 0 Å². The third kappa shape index (κ3) is 2.75. The third-order valence-corrected chi connectivity index (χ3v) is 4.47. The van der Waals surface area contributed by atoms with Gasteiger partial charge in [0.15, 0.2) is 5.58 Å². The van der Waals surface area contributed by atoms with Crippen molar-refractivity contribution in [1.82, 2.24) is 9.97 Å². The molecule has 9 heteroatoms. The van der Waals surface area contributed by atoms with E-state index in [4.69, 9.17) is 9.15 Å². The lowest BCUT2D eigenvalue weighted by Gasteiger charge is -2.27. The highest BCUT2D eigenvalue weighted by Crippen LogP contribution is 2.33. The van der Waals surface area contributed by atoms with E-state index in [9.17, 15) is 10.1 Å². The van der Waals surface area contributed by atoms with Crippen LogP contribution in [0.15, 0.2) is 10.5 Å². The number of morpholine rings is 1. The number of oxazole rings is 1. The molecule has 4 heterocycles. The second kappa shape index (κ2) is 6.23. The van der Waals surface area contributed by atoms with Crippen molar-refractivity contribution < 1.29 is 14.1 Å². The van der Waals surface area contributed by atoms with Gasteiger partial charge in [-0.1, -0.05) is 0 Å². The van der Waals surface area contributed by atoms with E-state index < -0.39 is 4.92 Å². The minimum atomic E-state index is -0.396. The first kappa shape index (κ1) is 15.1. The maximum atomic E-state index is 11.5. The number of nitrogens with zero attached hydrogens (tertiary/aromatic N) is 5. The average molecular weight is 333 g/mol. The number of fused-ring (bicyclic) bond motifs is 1. The van der Waals surface area contributed by atoms with Gasteiger partial charge < -0.3 is 19.0 Å². The van der Waals surface area contributed by atoms with Gasteiger partial charge in [0.05, 0.1) is 24.2 Å². The number of pyridine rings is 1. The zero-order valence-corrected chi connectivity index (χ0v) is 13.3. The summed E-state index contributed by atoms with van der Waals surface area (Å²) in [6, 6.07) is 1.90. The predicted octanol–water partition coefficient (Wildman–Crippen LogP) is 1.96. The summed E-state index contributed by atoms with van der Waals surface area (Å²) >= 11 is 0. The molecule has 2 aliphatic rings. The maximum absolute atomic E-state index is 11.5. The van der Waals surface area contributed by atoms with E-state index in [1.807, 2.05) is 9.80 Å². The standard InChI is InChI=1S/C15H19N5O4/c21-20(22)11-10-12-13(16-14(11)18-4-2-1-3-5-18)17-15(24-12)19-6-8-23-9-7-19/h10H,1-9H2. The molecule has 0 unspecified atom stereocenters. The van der Waals surface area contributed by atoms with Crippen molar-refractivity contribution in [3.8, 4) is 0 Å². The number of anilines is 2. The number of rotatable bonds is 3. The lowest BCUT2D eigenvalue weighted by Crippen LogP contribution is -2.36. The van der Waals surface area contributed by atoms with Gasteiger partial charge >= 0.3 is 5.69 Å². The van der Waals surface area contributed by atoms with Crippen LogP contribution in [0.5, 0.6) is 0 Å². The van der Waals surface area contributed by atoms with Gasteiger partial charge in [-0.25, -0.2) is 4.98 Å². The Morgan fingerprint density at radius 1 is 1.04 bits per heavy atom. The van der Waals surface area contributed by atoms with Crippen molar-refractivity contribution in [2.45, 2.75) is 19.3 Å². The topological polar surface area (TPSA) is 97.8 Å². The van der Waals surface area contributed by atoms with Crippen molar-refractivity contribution in [3.63, 3.8) is 0 Å². The van der Waals surface area contributed by atoms with E-state index in [0.29, 0.717) is 49.4 Å². The first-order valence-corrected chi connectivity index (χ1v) is 8.26.